The number of anilines is 2. The minimum atomic E-state index is -4.94. The number of nitrogens with zero attached hydrogens (tertiary/aromatic N) is 2. The Morgan fingerprint density at radius 3 is 1.58 bits per heavy atom. The van der Waals surface area contributed by atoms with Crippen molar-refractivity contribution in [1.29, 1.82) is 0 Å². The predicted octanol–water partition coefficient (Wildman–Crippen LogP) is 4.81. The van der Waals surface area contributed by atoms with E-state index in [-0.39, 0.29) is 21.9 Å². The highest BCUT2D eigenvalue weighted by Crippen LogP contribution is 2.47. The zero-order valence-electron chi connectivity index (χ0n) is 21.5. The molecule has 4 rings (SSSR count). The lowest BCUT2D eigenvalue weighted by Crippen LogP contribution is -2.09. The molecule has 3 N–H and O–H groups in total. The van der Waals surface area contributed by atoms with E-state index in [2.05, 4.69) is 0 Å². The fourth-order valence-electron chi connectivity index (χ4n) is 4.48. The maximum absolute atomic E-state index is 12.7. The molecule has 0 saturated heterocycles. The molecule has 0 saturated carbocycles. The van der Waals surface area contributed by atoms with Crippen LogP contribution in [-0.4, -0.2) is 59.2 Å². The van der Waals surface area contributed by atoms with Crippen LogP contribution in [0, 0.1) is 6.92 Å². The number of hydrogen-bond donors (Lipinski definition) is 3. The highest BCUT2D eigenvalue weighted by Gasteiger charge is 2.29. The van der Waals surface area contributed by atoms with Crippen molar-refractivity contribution in [3.05, 3.63) is 66.2 Å². The molecule has 11 heteroatoms. The van der Waals surface area contributed by atoms with E-state index in [1.807, 2.05) is 50.1 Å². The zero-order chi connectivity index (χ0) is 28.2. The van der Waals surface area contributed by atoms with Crippen molar-refractivity contribution >= 4 is 42.4 Å². The lowest BCUT2D eigenvalue weighted by atomic mass is 9.88. The number of hydrogen-bond acceptors (Lipinski definition) is 7. The van der Waals surface area contributed by atoms with Gasteiger partial charge in [0.05, 0.1) is 4.90 Å². The van der Waals surface area contributed by atoms with E-state index in [0.717, 1.165) is 11.4 Å². The largest absolute Gasteiger partial charge is 0.506 e. The topological polar surface area (TPSA) is 135 Å². The maximum Gasteiger partial charge on any atom is 0.298 e. The van der Waals surface area contributed by atoms with Gasteiger partial charge in [0.2, 0.25) is 0 Å². The minimum absolute atomic E-state index is 0.00415. The first kappa shape index (κ1) is 27.4. The number of rotatable bonds is 6. The molecular formula is C27H28N2O7S2. The van der Waals surface area contributed by atoms with Crippen LogP contribution in [0.15, 0.2) is 70.5 Å². The molecular weight excluding hydrogens is 528 g/mol. The quantitative estimate of drug-likeness (QED) is 0.286. The number of phenols is 1. The molecule has 200 valence electrons. The summed E-state index contributed by atoms with van der Waals surface area (Å²) in [6.45, 7) is 1.41. The van der Waals surface area contributed by atoms with Gasteiger partial charge in [-0.25, -0.2) is 0 Å². The molecule has 9 nitrogen and oxygen atoms in total. The lowest BCUT2D eigenvalue weighted by molar-refractivity contribution is 0.441. The van der Waals surface area contributed by atoms with Gasteiger partial charge in [-0.15, -0.1) is 0 Å². The van der Waals surface area contributed by atoms with Crippen molar-refractivity contribution in [2.24, 2.45) is 0 Å². The molecule has 4 aromatic rings. The molecule has 4 aromatic carbocycles. The number of aryl methyl sites for hydroxylation is 1. The summed E-state index contributed by atoms with van der Waals surface area (Å²) in [4.78, 5) is 2.62. The van der Waals surface area contributed by atoms with E-state index in [1.165, 1.54) is 19.1 Å². The van der Waals surface area contributed by atoms with Crippen LogP contribution in [-0.2, 0) is 20.2 Å². The fourth-order valence-corrected chi connectivity index (χ4v) is 5.89. The van der Waals surface area contributed by atoms with Gasteiger partial charge in [-0.1, -0.05) is 24.3 Å². The molecule has 0 aliphatic rings. The van der Waals surface area contributed by atoms with Gasteiger partial charge in [0.15, 0.2) is 0 Å². The molecule has 0 radical (unpaired) electrons. The summed E-state index contributed by atoms with van der Waals surface area (Å²) in [6.07, 6.45) is 0. The number of aromatic hydroxyl groups is 1. The second-order valence-corrected chi connectivity index (χ2v) is 12.2. The summed E-state index contributed by atoms with van der Waals surface area (Å²) in [5.74, 6) is -0.715. The summed E-state index contributed by atoms with van der Waals surface area (Å²) in [6, 6.07) is 16.4. The van der Waals surface area contributed by atoms with E-state index in [4.69, 9.17) is 0 Å². The van der Waals surface area contributed by atoms with Gasteiger partial charge in [-0.05, 0) is 70.8 Å². The molecule has 0 atom stereocenters. The maximum atomic E-state index is 12.7. The molecule has 38 heavy (non-hydrogen) atoms. The van der Waals surface area contributed by atoms with Crippen LogP contribution in [0.2, 0.25) is 0 Å². The molecule has 0 fully saturated rings. The van der Waals surface area contributed by atoms with Gasteiger partial charge in [0.25, 0.3) is 20.2 Å². The monoisotopic (exact) mass is 556 g/mol. The summed E-state index contributed by atoms with van der Waals surface area (Å²) in [7, 11) is -2.19. The van der Waals surface area contributed by atoms with E-state index in [0.29, 0.717) is 16.7 Å². The van der Waals surface area contributed by atoms with Crippen LogP contribution in [0.25, 0.3) is 33.0 Å². The van der Waals surface area contributed by atoms with Crippen LogP contribution in [0.5, 0.6) is 5.75 Å². The number of phenolic OH excluding ortho intramolecular Hbond substituents is 1. The number of benzene rings is 4. The Hall–Kier alpha value is -3.64. The highest BCUT2D eigenvalue weighted by molar-refractivity contribution is 7.86. The van der Waals surface area contributed by atoms with Gasteiger partial charge < -0.3 is 14.9 Å². The van der Waals surface area contributed by atoms with Crippen LogP contribution in [0.3, 0.4) is 0 Å². The normalized spacial score (nSPS) is 12.1. The van der Waals surface area contributed by atoms with Crippen LogP contribution in [0.1, 0.15) is 5.56 Å². The van der Waals surface area contributed by atoms with Gasteiger partial charge in [-0.2, -0.15) is 16.8 Å². The predicted molar refractivity (Wildman–Crippen MR) is 150 cm³/mol. The first-order valence-corrected chi connectivity index (χ1v) is 14.3. The third kappa shape index (κ3) is 4.93. The van der Waals surface area contributed by atoms with E-state index < -0.39 is 35.8 Å². The van der Waals surface area contributed by atoms with Crippen molar-refractivity contribution in [1.82, 2.24) is 0 Å². The first-order valence-electron chi connectivity index (χ1n) is 11.4. The smallest absolute Gasteiger partial charge is 0.298 e. The summed E-state index contributed by atoms with van der Waals surface area (Å²) in [5, 5.41) is 11.5. The third-order valence-corrected chi connectivity index (χ3v) is 8.23. The first-order chi connectivity index (χ1) is 17.6. The standard InChI is InChI=1S/C27H28N2O7S2/c1-16-22-14-21(37(31,32)33)15-23(17-6-10-19(11-7-17)28(2)3)25(22)24(27(26(16)30)38(34,35)36)18-8-12-20(13-9-18)29(4)5/h6-15,30H,1-5H3,(H,31,32,33)(H,34,35,36). The van der Waals surface area contributed by atoms with Crippen molar-refractivity contribution in [2.75, 3.05) is 38.0 Å². The zero-order valence-corrected chi connectivity index (χ0v) is 23.1. The highest BCUT2D eigenvalue weighted by atomic mass is 32.2. The van der Waals surface area contributed by atoms with Crippen molar-refractivity contribution < 1.29 is 31.0 Å². The Labute approximate surface area is 222 Å². The van der Waals surface area contributed by atoms with Gasteiger partial charge in [0.1, 0.15) is 10.6 Å². The van der Waals surface area contributed by atoms with Crippen LogP contribution in [0.4, 0.5) is 11.4 Å². The third-order valence-electron chi connectivity index (χ3n) is 6.49. The molecule has 0 aromatic heterocycles. The Morgan fingerprint density at radius 2 is 1.16 bits per heavy atom. The average Bonchev–Trinajstić information content (AvgIpc) is 2.84. The van der Waals surface area contributed by atoms with E-state index >= 15 is 0 Å². The molecule has 0 aliphatic heterocycles. The molecule has 0 unspecified atom stereocenters. The summed E-state index contributed by atoms with van der Waals surface area (Å²) < 4.78 is 69.9. The minimum Gasteiger partial charge on any atom is -0.506 e. The fraction of sp³-hybridized carbons (Fsp3) is 0.185. The van der Waals surface area contributed by atoms with E-state index in [9.17, 15) is 31.0 Å². The molecule has 0 bridgehead atoms. The second-order valence-electron chi connectivity index (χ2n) is 9.40. The Morgan fingerprint density at radius 1 is 0.684 bits per heavy atom. The van der Waals surface area contributed by atoms with Gasteiger partial charge in [0, 0.05) is 50.7 Å². The Balaban J connectivity index is 2.27. The SMILES string of the molecule is Cc1c(O)c(S(=O)(=O)O)c(-c2ccc(N(C)C)cc2)c2c(-c3ccc(N(C)C)cc3)cc(S(=O)(=O)O)cc12. The van der Waals surface area contributed by atoms with Crippen LogP contribution < -0.4 is 9.80 Å². The van der Waals surface area contributed by atoms with Crippen LogP contribution >= 0.6 is 0 Å². The number of fused-ring (bicyclic) bond motifs is 1. The Kier molecular flexibility index (Phi) is 6.91. The molecule has 0 aliphatic carbocycles. The molecule has 0 heterocycles. The lowest BCUT2D eigenvalue weighted by Gasteiger charge is -2.21. The van der Waals surface area contributed by atoms with E-state index in [1.54, 1.807) is 36.4 Å². The van der Waals surface area contributed by atoms with Gasteiger partial charge in [-0.3, -0.25) is 9.11 Å². The molecule has 0 spiro atoms. The summed E-state index contributed by atoms with van der Waals surface area (Å²) >= 11 is 0. The second kappa shape index (κ2) is 9.59. The summed E-state index contributed by atoms with van der Waals surface area (Å²) in [5.41, 5.74) is 2.92. The molecule has 0 amide bonds. The van der Waals surface area contributed by atoms with Crippen molar-refractivity contribution in [3.8, 4) is 28.0 Å². The van der Waals surface area contributed by atoms with Crippen molar-refractivity contribution in [3.63, 3.8) is 0 Å². The average molecular weight is 557 g/mol. The van der Waals surface area contributed by atoms with Crippen molar-refractivity contribution in [2.45, 2.75) is 16.7 Å². The Bertz CT molecular complexity index is 1760. The van der Waals surface area contributed by atoms with Gasteiger partial charge >= 0.3 is 0 Å².